The van der Waals surface area contributed by atoms with Gasteiger partial charge >= 0.3 is 0 Å². The maximum atomic E-state index is 13.9. The molecule has 0 radical (unpaired) electrons. The minimum atomic E-state index is -0.174. The number of hydrogen-bond donors (Lipinski definition) is 0. The highest BCUT2D eigenvalue weighted by atomic mass is 35.5. The molecule has 0 aliphatic rings. The van der Waals surface area contributed by atoms with Crippen LogP contribution in [0.15, 0.2) is 113 Å². The number of rotatable bonds is 8. The predicted molar refractivity (Wildman–Crippen MR) is 174 cm³/mol. The molecule has 212 valence electrons. The standard InChI is InChI=1S/C34H24Cl2N4O2S/c1-21-30-31(23-10-16-26(36)17-11-23)37-34(38-33(30)40(39-21)27-6-4-3-5-7-27)43-29(20-22-8-14-25(35)15-9-22)32(41)24-12-18-28(42-2)19-13-24/h3-20H,1-2H3. The topological polar surface area (TPSA) is 69.9 Å². The van der Waals surface area contributed by atoms with Gasteiger partial charge in [-0.25, -0.2) is 14.6 Å². The Kier molecular flexibility index (Phi) is 8.29. The number of carbonyl (C=O) groups excluding carboxylic acids is 1. The first kappa shape index (κ1) is 28.7. The van der Waals surface area contributed by atoms with E-state index in [0.29, 0.717) is 42.8 Å². The van der Waals surface area contributed by atoms with Crippen LogP contribution in [0, 0.1) is 6.92 Å². The lowest BCUT2D eigenvalue weighted by molar-refractivity contribution is 0.104. The molecule has 6 rings (SSSR count). The fourth-order valence-electron chi connectivity index (χ4n) is 4.61. The van der Waals surface area contributed by atoms with E-state index >= 15 is 0 Å². The first-order valence-electron chi connectivity index (χ1n) is 13.3. The SMILES string of the molecule is COc1ccc(C(=O)C(=Cc2ccc(Cl)cc2)Sc2nc(-c3ccc(Cl)cc3)c3c(C)nn(-c4ccccc4)c3n2)cc1. The number of benzene rings is 4. The van der Waals surface area contributed by atoms with Gasteiger partial charge in [-0.2, -0.15) is 5.10 Å². The molecule has 0 unspecified atom stereocenters. The lowest BCUT2D eigenvalue weighted by Gasteiger charge is -2.11. The molecule has 6 aromatic rings. The number of methoxy groups -OCH3 is 1. The molecule has 0 aliphatic heterocycles. The van der Waals surface area contributed by atoms with Crippen LogP contribution in [0.2, 0.25) is 10.0 Å². The average Bonchev–Trinajstić information content (AvgIpc) is 3.38. The van der Waals surface area contributed by atoms with E-state index in [4.69, 9.17) is 43.0 Å². The molecule has 6 nitrogen and oxygen atoms in total. The lowest BCUT2D eigenvalue weighted by atomic mass is 10.1. The molecule has 0 N–H and O–H groups in total. The Balaban J connectivity index is 1.52. The van der Waals surface area contributed by atoms with Gasteiger partial charge in [-0.05, 0) is 91.0 Å². The van der Waals surface area contributed by atoms with E-state index in [-0.39, 0.29) is 5.78 Å². The number of Topliss-reactive ketones (excluding diaryl/α,β-unsaturated/α-hetero) is 1. The van der Waals surface area contributed by atoms with Crippen molar-refractivity contribution in [3.05, 3.63) is 135 Å². The second-order valence-electron chi connectivity index (χ2n) is 9.61. The number of ketones is 1. The number of hydrogen-bond acceptors (Lipinski definition) is 6. The van der Waals surface area contributed by atoms with Gasteiger partial charge in [0.15, 0.2) is 16.6 Å². The summed E-state index contributed by atoms with van der Waals surface area (Å²) in [4.78, 5) is 24.3. The molecular formula is C34H24Cl2N4O2S. The molecule has 0 fully saturated rings. The zero-order valence-electron chi connectivity index (χ0n) is 23.2. The van der Waals surface area contributed by atoms with E-state index in [1.807, 2.05) is 84.4 Å². The first-order chi connectivity index (χ1) is 20.9. The second kappa shape index (κ2) is 12.4. The molecule has 0 aliphatic carbocycles. The van der Waals surface area contributed by atoms with Gasteiger partial charge in [0, 0.05) is 21.2 Å². The first-order valence-corrected chi connectivity index (χ1v) is 14.9. The zero-order chi connectivity index (χ0) is 29.9. The molecule has 4 aromatic carbocycles. The molecule has 2 aromatic heterocycles. The van der Waals surface area contributed by atoms with Crippen LogP contribution >= 0.6 is 35.0 Å². The van der Waals surface area contributed by atoms with Crippen LogP contribution in [0.25, 0.3) is 34.1 Å². The van der Waals surface area contributed by atoms with Crippen LogP contribution in [0.1, 0.15) is 21.6 Å². The van der Waals surface area contributed by atoms with Crippen LogP contribution in [0.5, 0.6) is 5.75 Å². The number of fused-ring (bicyclic) bond motifs is 1. The largest absolute Gasteiger partial charge is 0.497 e. The normalized spacial score (nSPS) is 11.6. The van der Waals surface area contributed by atoms with Gasteiger partial charge in [0.2, 0.25) is 0 Å². The minimum absolute atomic E-state index is 0.174. The summed E-state index contributed by atoms with van der Waals surface area (Å²) in [6.45, 7) is 1.94. The number of aryl methyl sites for hydroxylation is 1. The third-order valence-electron chi connectivity index (χ3n) is 6.75. The van der Waals surface area contributed by atoms with Gasteiger partial charge < -0.3 is 4.74 Å². The summed E-state index contributed by atoms with van der Waals surface area (Å²) in [5.41, 5.74) is 5.17. The molecule has 0 spiro atoms. The Morgan fingerprint density at radius 3 is 2.14 bits per heavy atom. The van der Waals surface area contributed by atoms with Gasteiger partial charge in [-0.15, -0.1) is 0 Å². The number of allylic oxidation sites excluding steroid dienone is 1. The molecule has 2 heterocycles. The number of aromatic nitrogens is 4. The van der Waals surface area contributed by atoms with Crippen molar-refractivity contribution in [2.24, 2.45) is 0 Å². The Bertz CT molecular complexity index is 1960. The molecule has 0 bridgehead atoms. The monoisotopic (exact) mass is 622 g/mol. The number of para-hydroxylation sites is 1. The fraction of sp³-hybridized carbons (Fsp3) is 0.0588. The van der Waals surface area contributed by atoms with Crippen molar-refractivity contribution in [3.63, 3.8) is 0 Å². The second-order valence-corrected chi connectivity index (χ2v) is 11.5. The number of thioether (sulfide) groups is 1. The summed E-state index contributed by atoms with van der Waals surface area (Å²) in [6.07, 6.45) is 1.82. The maximum absolute atomic E-state index is 13.9. The average molecular weight is 624 g/mol. The Labute approximate surface area is 263 Å². The molecule has 0 saturated heterocycles. The minimum Gasteiger partial charge on any atom is -0.497 e. The molecule has 0 amide bonds. The van der Waals surface area contributed by atoms with E-state index in [1.54, 1.807) is 43.5 Å². The number of nitrogens with zero attached hydrogens (tertiary/aromatic N) is 4. The van der Waals surface area contributed by atoms with Crippen molar-refractivity contribution >= 4 is 57.9 Å². The molecule has 0 atom stereocenters. The van der Waals surface area contributed by atoms with Crippen LogP contribution in [0.4, 0.5) is 0 Å². The molecular weight excluding hydrogens is 599 g/mol. The van der Waals surface area contributed by atoms with Gasteiger partial charge in [-0.1, -0.05) is 65.7 Å². The summed E-state index contributed by atoms with van der Waals surface area (Å²) in [7, 11) is 1.59. The van der Waals surface area contributed by atoms with Gasteiger partial charge in [0.25, 0.3) is 0 Å². The van der Waals surface area contributed by atoms with E-state index in [0.717, 1.165) is 27.9 Å². The summed E-state index contributed by atoms with van der Waals surface area (Å²) >= 11 is 13.5. The lowest BCUT2D eigenvalue weighted by Crippen LogP contribution is -2.04. The summed E-state index contributed by atoms with van der Waals surface area (Å²) in [5.74, 6) is 0.491. The van der Waals surface area contributed by atoms with Crippen LogP contribution in [-0.2, 0) is 0 Å². The van der Waals surface area contributed by atoms with Crippen LogP contribution in [-0.4, -0.2) is 32.6 Å². The third kappa shape index (κ3) is 6.20. The van der Waals surface area contributed by atoms with Crippen molar-refractivity contribution < 1.29 is 9.53 Å². The highest BCUT2D eigenvalue weighted by Crippen LogP contribution is 2.36. The summed E-state index contributed by atoms with van der Waals surface area (Å²) in [6, 6.07) is 31.6. The quantitative estimate of drug-likeness (QED) is 0.0729. The predicted octanol–water partition coefficient (Wildman–Crippen LogP) is 9.12. The molecule has 9 heteroatoms. The van der Waals surface area contributed by atoms with Crippen molar-refractivity contribution in [1.82, 2.24) is 19.7 Å². The Morgan fingerprint density at radius 1 is 0.837 bits per heavy atom. The van der Waals surface area contributed by atoms with E-state index in [1.165, 1.54) is 11.8 Å². The van der Waals surface area contributed by atoms with Crippen LogP contribution in [0.3, 0.4) is 0 Å². The number of ether oxygens (including phenoxy) is 1. The van der Waals surface area contributed by atoms with E-state index in [2.05, 4.69) is 0 Å². The zero-order valence-corrected chi connectivity index (χ0v) is 25.5. The summed E-state index contributed by atoms with van der Waals surface area (Å²) in [5, 5.41) is 7.28. The van der Waals surface area contributed by atoms with Crippen molar-refractivity contribution in [2.45, 2.75) is 12.1 Å². The summed E-state index contributed by atoms with van der Waals surface area (Å²) < 4.78 is 7.09. The van der Waals surface area contributed by atoms with E-state index in [9.17, 15) is 4.79 Å². The van der Waals surface area contributed by atoms with Crippen molar-refractivity contribution in [1.29, 1.82) is 0 Å². The van der Waals surface area contributed by atoms with Gasteiger partial charge in [-0.3, -0.25) is 4.79 Å². The third-order valence-corrected chi connectivity index (χ3v) is 8.14. The van der Waals surface area contributed by atoms with Crippen molar-refractivity contribution in [3.8, 4) is 22.7 Å². The number of halogens is 2. The highest BCUT2D eigenvalue weighted by Gasteiger charge is 2.22. The van der Waals surface area contributed by atoms with Gasteiger partial charge in [0.05, 0.1) is 34.5 Å². The van der Waals surface area contributed by atoms with Gasteiger partial charge in [0.1, 0.15) is 5.75 Å². The van der Waals surface area contributed by atoms with Crippen LogP contribution < -0.4 is 4.74 Å². The van der Waals surface area contributed by atoms with E-state index < -0.39 is 0 Å². The van der Waals surface area contributed by atoms with Crippen molar-refractivity contribution in [2.75, 3.05) is 7.11 Å². The maximum Gasteiger partial charge on any atom is 0.199 e. The number of carbonyl (C=O) groups is 1. The fourth-order valence-corrected chi connectivity index (χ4v) is 5.73. The smallest absolute Gasteiger partial charge is 0.199 e. The molecule has 43 heavy (non-hydrogen) atoms. The highest BCUT2D eigenvalue weighted by molar-refractivity contribution is 8.04. The Hall–Kier alpha value is -4.43. The molecule has 0 saturated carbocycles. The Morgan fingerprint density at radius 2 is 1.49 bits per heavy atom.